The smallest absolute Gasteiger partial charge is 0.363 e. The van der Waals surface area contributed by atoms with Gasteiger partial charge in [0.2, 0.25) is 5.90 Å². The van der Waals surface area contributed by atoms with Crippen LogP contribution in [0.1, 0.15) is 26.4 Å². The number of hydrogen-bond donors (Lipinski definition) is 0. The SMILES string of the molecule is Cc1ccc(C2=N/C(=C/c3ccccc3OC(=O)c3sc4cc(Br)ccc4c3Cl)C(=O)O2)cc1. The Labute approximate surface area is 212 Å². The first kappa shape index (κ1) is 22.5. The molecule has 4 aromatic rings. The van der Waals surface area contributed by atoms with Crippen molar-refractivity contribution >= 4 is 72.9 Å². The summed E-state index contributed by atoms with van der Waals surface area (Å²) in [4.78, 5) is 30.0. The van der Waals surface area contributed by atoms with Crippen LogP contribution in [-0.2, 0) is 9.53 Å². The number of aliphatic imine (C=N–C) groups is 1. The maximum absolute atomic E-state index is 13.0. The number of aryl methyl sites for hydroxylation is 1. The second kappa shape index (κ2) is 9.18. The Morgan fingerprint density at radius 1 is 1.12 bits per heavy atom. The maximum Gasteiger partial charge on any atom is 0.363 e. The summed E-state index contributed by atoms with van der Waals surface area (Å²) in [6, 6.07) is 20.0. The molecule has 0 saturated heterocycles. The minimum Gasteiger partial charge on any atom is -0.422 e. The van der Waals surface area contributed by atoms with Gasteiger partial charge in [-0.3, -0.25) is 0 Å². The molecule has 2 heterocycles. The molecule has 1 aliphatic rings. The monoisotopic (exact) mass is 551 g/mol. The lowest BCUT2D eigenvalue weighted by atomic mass is 10.1. The Morgan fingerprint density at radius 3 is 2.68 bits per heavy atom. The minimum absolute atomic E-state index is 0.115. The first-order chi connectivity index (χ1) is 16.4. The van der Waals surface area contributed by atoms with Gasteiger partial charge in [-0.25, -0.2) is 14.6 Å². The highest BCUT2D eigenvalue weighted by Gasteiger charge is 2.25. The Morgan fingerprint density at radius 2 is 1.88 bits per heavy atom. The van der Waals surface area contributed by atoms with E-state index in [4.69, 9.17) is 21.1 Å². The number of carbonyl (C=O) groups excluding carboxylic acids is 2. The van der Waals surface area contributed by atoms with E-state index in [1.54, 1.807) is 24.3 Å². The van der Waals surface area contributed by atoms with E-state index in [1.165, 1.54) is 17.4 Å². The van der Waals surface area contributed by atoms with Crippen molar-refractivity contribution in [3.63, 3.8) is 0 Å². The number of thiophene rings is 1. The van der Waals surface area contributed by atoms with Crippen LogP contribution in [0.2, 0.25) is 5.02 Å². The zero-order chi connectivity index (χ0) is 23.8. The van der Waals surface area contributed by atoms with E-state index >= 15 is 0 Å². The van der Waals surface area contributed by atoms with E-state index < -0.39 is 11.9 Å². The first-order valence-electron chi connectivity index (χ1n) is 10.2. The van der Waals surface area contributed by atoms with Crippen LogP contribution in [0, 0.1) is 6.92 Å². The lowest BCUT2D eigenvalue weighted by Crippen LogP contribution is -2.08. The normalized spacial score (nSPS) is 14.4. The fourth-order valence-corrected chi connectivity index (χ4v) is 5.32. The molecule has 0 spiro atoms. The third kappa shape index (κ3) is 4.42. The van der Waals surface area contributed by atoms with Crippen molar-refractivity contribution in [2.24, 2.45) is 4.99 Å². The molecule has 5 rings (SSSR count). The molecule has 1 aliphatic heterocycles. The zero-order valence-corrected chi connectivity index (χ0v) is 20.8. The Bertz CT molecular complexity index is 1520. The van der Waals surface area contributed by atoms with Gasteiger partial charge in [-0.05, 0) is 43.3 Å². The lowest BCUT2D eigenvalue weighted by molar-refractivity contribution is -0.129. The molecule has 0 unspecified atom stereocenters. The molecule has 0 aliphatic carbocycles. The van der Waals surface area contributed by atoms with Crippen molar-refractivity contribution in [2.45, 2.75) is 6.92 Å². The van der Waals surface area contributed by atoms with Gasteiger partial charge in [-0.15, -0.1) is 11.3 Å². The number of halogens is 2. The Kier molecular flexibility index (Phi) is 6.08. The van der Waals surface area contributed by atoms with E-state index in [-0.39, 0.29) is 17.3 Å². The first-order valence-corrected chi connectivity index (χ1v) is 12.2. The standard InChI is InChI=1S/C26H15BrClNO4S/c1-14-6-8-15(9-7-14)24-29-19(25(30)33-24)12-16-4-2-3-5-20(16)32-26(31)23-22(28)18-11-10-17(27)13-21(18)34-23/h2-13H,1H3/b19-12+. The van der Waals surface area contributed by atoms with Crippen molar-refractivity contribution < 1.29 is 19.1 Å². The van der Waals surface area contributed by atoms with Gasteiger partial charge < -0.3 is 9.47 Å². The molecule has 168 valence electrons. The number of nitrogens with zero attached hydrogens (tertiary/aromatic N) is 1. The predicted molar refractivity (Wildman–Crippen MR) is 138 cm³/mol. The molecule has 34 heavy (non-hydrogen) atoms. The molecule has 0 bridgehead atoms. The Hall–Kier alpha value is -3.26. The molecule has 0 N–H and O–H groups in total. The summed E-state index contributed by atoms with van der Waals surface area (Å²) in [7, 11) is 0. The van der Waals surface area contributed by atoms with Crippen molar-refractivity contribution in [1.29, 1.82) is 0 Å². The third-order valence-corrected chi connectivity index (χ3v) is 7.24. The van der Waals surface area contributed by atoms with Crippen LogP contribution in [0.4, 0.5) is 0 Å². The number of rotatable bonds is 4. The number of benzene rings is 3. The summed E-state index contributed by atoms with van der Waals surface area (Å²) < 4.78 is 12.8. The second-order valence-corrected chi connectivity index (χ2v) is 9.86. The predicted octanol–water partition coefficient (Wildman–Crippen LogP) is 7.19. The molecule has 5 nitrogen and oxygen atoms in total. The molecule has 0 amide bonds. The molecular weight excluding hydrogens is 538 g/mol. The van der Waals surface area contributed by atoms with Gasteiger partial charge in [-0.1, -0.05) is 69.5 Å². The van der Waals surface area contributed by atoms with E-state index in [2.05, 4.69) is 20.9 Å². The zero-order valence-electron chi connectivity index (χ0n) is 17.7. The summed E-state index contributed by atoms with van der Waals surface area (Å²) in [6.07, 6.45) is 1.54. The van der Waals surface area contributed by atoms with Crippen LogP contribution in [-0.4, -0.2) is 17.8 Å². The summed E-state index contributed by atoms with van der Waals surface area (Å²) in [5.74, 6) is -0.642. The van der Waals surface area contributed by atoms with Crippen LogP contribution in [0.15, 0.2) is 81.9 Å². The van der Waals surface area contributed by atoms with Crippen molar-refractivity contribution in [3.05, 3.63) is 103 Å². The number of carbonyl (C=O) groups is 2. The van der Waals surface area contributed by atoms with Crippen molar-refractivity contribution in [3.8, 4) is 5.75 Å². The van der Waals surface area contributed by atoms with Gasteiger partial charge in [0.25, 0.3) is 0 Å². The third-order valence-electron chi connectivity index (χ3n) is 5.11. The quantitative estimate of drug-likeness (QED) is 0.153. The van der Waals surface area contributed by atoms with E-state index in [0.29, 0.717) is 21.0 Å². The number of esters is 2. The summed E-state index contributed by atoms with van der Waals surface area (Å²) >= 11 is 11.1. The second-order valence-electron chi connectivity index (χ2n) is 7.52. The molecule has 3 aromatic carbocycles. The van der Waals surface area contributed by atoms with Gasteiger partial charge in [0.15, 0.2) is 5.70 Å². The fraction of sp³-hybridized carbons (Fsp3) is 0.0385. The number of para-hydroxylation sites is 1. The molecular formula is C26H15BrClNO4S. The van der Waals surface area contributed by atoms with Crippen LogP contribution in [0.3, 0.4) is 0 Å². The number of cyclic esters (lactones) is 1. The largest absolute Gasteiger partial charge is 0.422 e. The van der Waals surface area contributed by atoms with Gasteiger partial charge in [-0.2, -0.15) is 0 Å². The van der Waals surface area contributed by atoms with Crippen LogP contribution in [0.25, 0.3) is 16.2 Å². The highest BCUT2D eigenvalue weighted by molar-refractivity contribution is 9.10. The summed E-state index contributed by atoms with van der Waals surface area (Å²) in [5, 5.41) is 1.13. The number of fused-ring (bicyclic) bond motifs is 1. The van der Waals surface area contributed by atoms with E-state index in [9.17, 15) is 9.59 Å². The van der Waals surface area contributed by atoms with Crippen molar-refractivity contribution in [2.75, 3.05) is 0 Å². The molecule has 0 radical (unpaired) electrons. The van der Waals surface area contributed by atoms with Gasteiger partial charge >= 0.3 is 11.9 Å². The van der Waals surface area contributed by atoms with Gasteiger partial charge in [0.05, 0.1) is 5.02 Å². The molecule has 8 heteroatoms. The average Bonchev–Trinajstić information content (AvgIpc) is 3.35. The fourth-order valence-electron chi connectivity index (χ4n) is 3.39. The Balaban J connectivity index is 1.44. The summed E-state index contributed by atoms with van der Waals surface area (Å²) in [6.45, 7) is 1.97. The van der Waals surface area contributed by atoms with Crippen LogP contribution >= 0.6 is 38.9 Å². The minimum atomic E-state index is -0.578. The van der Waals surface area contributed by atoms with E-state index in [1.807, 2.05) is 49.4 Å². The number of ether oxygens (including phenoxy) is 2. The van der Waals surface area contributed by atoms with Gasteiger partial charge in [0.1, 0.15) is 10.6 Å². The van der Waals surface area contributed by atoms with E-state index in [0.717, 1.165) is 20.1 Å². The molecule has 0 fully saturated rings. The van der Waals surface area contributed by atoms with Crippen LogP contribution < -0.4 is 4.74 Å². The number of hydrogen-bond acceptors (Lipinski definition) is 6. The lowest BCUT2D eigenvalue weighted by Gasteiger charge is -2.07. The highest BCUT2D eigenvalue weighted by Crippen LogP contribution is 2.37. The molecule has 1 aromatic heterocycles. The van der Waals surface area contributed by atoms with Crippen molar-refractivity contribution in [1.82, 2.24) is 0 Å². The van der Waals surface area contributed by atoms with Crippen LogP contribution in [0.5, 0.6) is 5.75 Å². The summed E-state index contributed by atoms with van der Waals surface area (Å²) in [5.41, 5.74) is 2.42. The average molecular weight is 553 g/mol. The maximum atomic E-state index is 13.0. The molecule has 0 atom stereocenters. The van der Waals surface area contributed by atoms with Gasteiger partial charge in [0, 0.05) is 25.7 Å². The topological polar surface area (TPSA) is 65.0 Å². The molecule has 0 saturated carbocycles. The highest BCUT2D eigenvalue weighted by atomic mass is 79.9.